The molecule has 0 fully saturated rings. The number of rotatable bonds is 2. The Bertz CT molecular complexity index is 817. The zero-order chi connectivity index (χ0) is 15.0. The SMILES string of the molecule is Fc1ccc(C(Br)c2ccc(Br)c3ccccc23)cc1Cl. The maximum atomic E-state index is 13.3. The van der Waals surface area contributed by atoms with Crippen LogP contribution in [0.4, 0.5) is 4.39 Å². The van der Waals surface area contributed by atoms with Crippen molar-refractivity contribution in [2.45, 2.75) is 4.83 Å². The molecule has 3 rings (SSSR count). The minimum Gasteiger partial charge on any atom is -0.205 e. The van der Waals surface area contributed by atoms with E-state index in [4.69, 9.17) is 11.6 Å². The van der Waals surface area contributed by atoms with Crippen molar-refractivity contribution in [2.75, 3.05) is 0 Å². The van der Waals surface area contributed by atoms with Gasteiger partial charge >= 0.3 is 0 Å². The van der Waals surface area contributed by atoms with Gasteiger partial charge in [-0.3, -0.25) is 0 Å². The lowest BCUT2D eigenvalue weighted by Gasteiger charge is -2.15. The molecule has 0 N–H and O–H groups in total. The molecule has 0 spiro atoms. The molecule has 0 aromatic heterocycles. The molecule has 106 valence electrons. The minimum atomic E-state index is -0.402. The predicted molar refractivity (Wildman–Crippen MR) is 93.8 cm³/mol. The van der Waals surface area contributed by atoms with Crippen LogP contribution in [-0.4, -0.2) is 0 Å². The van der Waals surface area contributed by atoms with E-state index in [1.807, 2.05) is 18.2 Å². The molecule has 3 aromatic rings. The van der Waals surface area contributed by atoms with Gasteiger partial charge in [0.1, 0.15) is 5.82 Å². The molecule has 0 aliphatic rings. The Morgan fingerprint density at radius 1 is 0.952 bits per heavy atom. The first-order valence-electron chi connectivity index (χ1n) is 6.34. The lowest BCUT2D eigenvalue weighted by Crippen LogP contribution is -1.95. The number of benzene rings is 3. The highest BCUT2D eigenvalue weighted by molar-refractivity contribution is 9.10. The third kappa shape index (κ3) is 2.87. The second kappa shape index (κ2) is 6.07. The van der Waals surface area contributed by atoms with E-state index in [2.05, 4.69) is 50.1 Å². The molecular weight excluding hydrogens is 418 g/mol. The first kappa shape index (κ1) is 15.0. The van der Waals surface area contributed by atoms with Gasteiger partial charge in [0.15, 0.2) is 0 Å². The molecule has 1 atom stereocenters. The summed E-state index contributed by atoms with van der Waals surface area (Å²) in [6.07, 6.45) is 0. The molecule has 0 amide bonds. The van der Waals surface area contributed by atoms with E-state index in [-0.39, 0.29) is 9.85 Å². The predicted octanol–water partition coefficient (Wildman–Crippen LogP) is 6.88. The molecule has 0 heterocycles. The summed E-state index contributed by atoms with van der Waals surface area (Å²) in [6, 6.07) is 17.1. The molecule has 0 nitrogen and oxygen atoms in total. The molecule has 0 aliphatic carbocycles. The molecule has 0 bridgehead atoms. The van der Waals surface area contributed by atoms with E-state index in [1.54, 1.807) is 12.1 Å². The van der Waals surface area contributed by atoms with Crippen molar-refractivity contribution in [3.8, 4) is 0 Å². The summed E-state index contributed by atoms with van der Waals surface area (Å²) in [7, 11) is 0. The van der Waals surface area contributed by atoms with Crippen molar-refractivity contribution in [3.05, 3.63) is 81.0 Å². The van der Waals surface area contributed by atoms with Crippen molar-refractivity contribution in [3.63, 3.8) is 0 Å². The molecule has 1 unspecified atom stereocenters. The summed E-state index contributed by atoms with van der Waals surface area (Å²) in [5, 5.41) is 2.43. The van der Waals surface area contributed by atoms with Crippen LogP contribution in [0.1, 0.15) is 16.0 Å². The Hall–Kier alpha value is -0.900. The molecule has 0 radical (unpaired) electrons. The van der Waals surface area contributed by atoms with E-state index < -0.39 is 5.82 Å². The molecule has 3 aromatic carbocycles. The van der Waals surface area contributed by atoms with Crippen molar-refractivity contribution in [1.29, 1.82) is 0 Å². The van der Waals surface area contributed by atoms with Gasteiger partial charge in [-0.05, 0) is 40.1 Å². The van der Waals surface area contributed by atoms with Gasteiger partial charge in [-0.2, -0.15) is 0 Å². The Morgan fingerprint density at radius 2 is 1.67 bits per heavy atom. The normalized spacial score (nSPS) is 12.6. The number of alkyl halides is 1. The number of fused-ring (bicyclic) bond motifs is 1. The van der Waals surface area contributed by atoms with Gasteiger partial charge in [0, 0.05) is 4.47 Å². The third-order valence-corrected chi connectivity index (χ3v) is 5.42. The maximum absolute atomic E-state index is 13.3. The van der Waals surface area contributed by atoms with E-state index >= 15 is 0 Å². The van der Waals surface area contributed by atoms with Gasteiger partial charge in [0.05, 0.1) is 9.85 Å². The Balaban J connectivity index is 2.15. The zero-order valence-electron chi connectivity index (χ0n) is 10.8. The van der Waals surface area contributed by atoms with Crippen molar-refractivity contribution in [1.82, 2.24) is 0 Å². The van der Waals surface area contributed by atoms with Crippen LogP contribution in [0.5, 0.6) is 0 Å². The highest BCUT2D eigenvalue weighted by atomic mass is 79.9. The molecule has 21 heavy (non-hydrogen) atoms. The second-order valence-corrected chi connectivity index (χ2v) is 6.90. The first-order chi connectivity index (χ1) is 10.1. The van der Waals surface area contributed by atoms with Gasteiger partial charge in [0.25, 0.3) is 0 Å². The summed E-state index contributed by atoms with van der Waals surface area (Å²) in [6.45, 7) is 0. The van der Waals surface area contributed by atoms with Crippen molar-refractivity contribution in [2.24, 2.45) is 0 Å². The maximum Gasteiger partial charge on any atom is 0.141 e. The number of hydrogen-bond donors (Lipinski definition) is 0. The van der Waals surface area contributed by atoms with E-state index in [9.17, 15) is 4.39 Å². The summed E-state index contributed by atoms with van der Waals surface area (Å²) < 4.78 is 14.4. The number of hydrogen-bond acceptors (Lipinski definition) is 0. The fourth-order valence-corrected chi connectivity index (χ4v) is 3.71. The largest absolute Gasteiger partial charge is 0.205 e. The molecule has 4 heteroatoms. The zero-order valence-corrected chi connectivity index (χ0v) is 14.7. The van der Waals surface area contributed by atoms with Crippen LogP contribution in [-0.2, 0) is 0 Å². The summed E-state index contributed by atoms with van der Waals surface area (Å²) >= 11 is 13.2. The highest BCUT2D eigenvalue weighted by Crippen LogP contribution is 2.38. The summed E-state index contributed by atoms with van der Waals surface area (Å²) in [4.78, 5) is -0.0476. The topological polar surface area (TPSA) is 0 Å². The average molecular weight is 429 g/mol. The van der Waals surface area contributed by atoms with Crippen molar-refractivity contribution < 1.29 is 4.39 Å². The van der Waals surface area contributed by atoms with Gasteiger partial charge in [-0.15, -0.1) is 0 Å². The van der Waals surface area contributed by atoms with Gasteiger partial charge in [-0.25, -0.2) is 4.39 Å². The molecule has 0 aliphatic heterocycles. The van der Waals surface area contributed by atoms with Crippen LogP contribution in [0.2, 0.25) is 5.02 Å². The summed E-state index contributed by atoms with van der Waals surface area (Å²) in [5.74, 6) is -0.402. The monoisotopic (exact) mass is 426 g/mol. The number of halogens is 4. The fraction of sp³-hybridized carbons (Fsp3) is 0.0588. The van der Waals surface area contributed by atoms with Crippen LogP contribution < -0.4 is 0 Å². The lowest BCUT2D eigenvalue weighted by atomic mass is 9.98. The van der Waals surface area contributed by atoms with Crippen molar-refractivity contribution >= 4 is 54.2 Å². The fourth-order valence-electron chi connectivity index (χ4n) is 2.36. The average Bonchev–Trinajstić information content (AvgIpc) is 2.50. The van der Waals surface area contributed by atoms with E-state index in [0.717, 1.165) is 26.4 Å². The highest BCUT2D eigenvalue weighted by Gasteiger charge is 2.15. The quantitative estimate of drug-likeness (QED) is 0.390. The van der Waals surface area contributed by atoms with Crippen LogP contribution in [0.15, 0.2) is 59.1 Å². The van der Waals surface area contributed by atoms with Gasteiger partial charge in [-0.1, -0.05) is 79.9 Å². The molecule has 0 saturated carbocycles. The van der Waals surface area contributed by atoms with Gasteiger partial charge < -0.3 is 0 Å². The Labute approximate surface area is 144 Å². The second-order valence-electron chi connectivity index (χ2n) is 4.72. The molecular formula is C17H10Br2ClF. The first-order valence-corrected chi connectivity index (χ1v) is 8.43. The van der Waals surface area contributed by atoms with Crippen LogP contribution >= 0.6 is 43.5 Å². The Morgan fingerprint density at radius 3 is 2.38 bits per heavy atom. The van der Waals surface area contributed by atoms with Crippen LogP contribution in [0, 0.1) is 5.82 Å². The van der Waals surface area contributed by atoms with Crippen LogP contribution in [0.3, 0.4) is 0 Å². The smallest absolute Gasteiger partial charge is 0.141 e. The summed E-state index contributed by atoms with van der Waals surface area (Å²) in [5.41, 5.74) is 2.05. The van der Waals surface area contributed by atoms with Crippen LogP contribution in [0.25, 0.3) is 10.8 Å². The standard InChI is InChI=1S/C17H10Br2ClF/c18-14-7-6-13(11-3-1-2-4-12(11)14)17(19)10-5-8-16(21)15(20)9-10/h1-9,17H. The minimum absolute atomic E-state index is 0.0476. The lowest BCUT2D eigenvalue weighted by molar-refractivity contribution is 0.627. The molecule has 0 saturated heterocycles. The van der Waals surface area contributed by atoms with E-state index in [1.165, 1.54) is 6.07 Å². The third-order valence-electron chi connectivity index (χ3n) is 3.41. The van der Waals surface area contributed by atoms with E-state index in [0.29, 0.717) is 0 Å². The van der Waals surface area contributed by atoms with Gasteiger partial charge in [0.2, 0.25) is 0 Å². The Kier molecular flexibility index (Phi) is 4.34.